The molecule has 6 nitrogen and oxygen atoms in total. The SMILES string of the molecule is Cl.NC1(c2noc(-c3cnn(-c4cccc(Br)c4)c3)n2)CCCC1. The van der Waals surface area contributed by atoms with Gasteiger partial charge in [-0.1, -0.05) is 40.0 Å². The number of nitrogens with two attached hydrogens (primary N) is 1. The highest BCUT2D eigenvalue weighted by Crippen LogP contribution is 2.35. The summed E-state index contributed by atoms with van der Waals surface area (Å²) in [7, 11) is 0. The zero-order valence-electron chi connectivity index (χ0n) is 12.9. The van der Waals surface area contributed by atoms with Crippen LogP contribution in [0, 0.1) is 0 Å². The summed E-state index contributed by atoms with van der Waals surface area (Å²) < 4.78 is 8.17. The third kappa shape index (κ3) is 3.11. The zero-order chi connectivity index (χ0) is 15.9. The summed E-state index contributed by atoms with van der Waals surface area (Å²) in [4.78, 5) is 4.49. The first-order chi connectivity index (χ1) is 11.1. The minimum Gasteiger partial charge on any atom is -0.334 e. The van der Waals surface area contributed by atoms with Crippen molar-refractivity contribution in [1.29, 1.82) is 0 Å². The molecule has 1 aromatic carbocycles. The second-order valence-electron chi connectivity index (χ2n) is 5.94. The van der Waals surface area contributed by atoms with E-state index in [9.17, 15) is 0 Å². The van der Waals surface area contributed by atoms with Crippen LogP contribution in [-0.2, 0) is 5.54 Å². The molecule has 1 fully saturated rings. The number of nitrogens with zero attached hydrogens (tertiary/aromatic N) is 4. The molecule has 2 heterocycles. The van der Waals surface area contributed by atoms with Gasteiger partial charge in [-0.25, -0.2) is 4.68 Å². The second kappa shape index (κ2) is 6.66. The maximum atomic E-state index is 6.37. The van der Waals surface area contributed by atoms with E-state index in [0.29, 0.717) is 11.7 Å². The molecule has 2 N–H and O–H groups in total. The van der Waals surface area contributed by atoms with Crippen LogP contribution < -0.4 is 5.73 Å². The molecular weight excluding hydrogens is 394 g/mol. The van der Waals surface area contributed by atoms with E-state index in [1.165, 1.54) is 0 Å². The van der Waals surface area contributed by atoms with Crippen LogP contribution in [0.15, 0.2) is 45.7 Å². The maximum absolute atomic E-state index is 6.37. The Labute approximate surface area is 154 Å². The van der Waals surface area contributed by atoms with Gasteiger partial charge in [-0.3, -0.25) is 0 Å². The van der Waals surface area contributed by atoms with Crippen LogP contribution >= 0.6 is 28.3 Å². The van der Waals surface area contributed by atoms with Gasteiger partial charge in [0.2, 0.25) is 0 Å². The normalized spacial score (nSPS) is 16.1. The smallest absolute Gasteiger partial charge is 0.261 e. The highest BCUT2D eigenvalue weighted by atomic mass is 79.9. The number of aromatic nitrogens is 4. The molecular formula is C16H17BrClN5O. The Bertz CT molecular complexity index is 840. The van der Waals surface area contributed by atoms with Gasteiger partial charge in [0.15, 0.2) is 5.82 Å². The van der Waals surface area contributed by atoms with E-state index in [1.807, 2.05) is 30.5 Å². The van der Waals surface area contributed by atoms with Crippen molar-refractivity contribution in [2.45, 2.75) is 31.2 Å². The van der Waals surface area contributed by atoms with Gasteiger partial charge in [0, 0.05) is 10.7 Å². The number of halogens is 2. The predicted molar refractivity (Wildman–Crippen MR) is 96.1 cm³/mol. The van der Waals surface area contributed by atoms with Gasteiger partial charge in [0.05, 0.1) is 23.0 Å². The summed E-state index contributed by atoms with van der Waals surface area (Å²) in [5.74, 6) is 1.05. The summed E-state index contributed by atoms with van der Waals surface area (Å²) >= 11 is 3.46. The molecule has 3 aromatic rings. The average Bonchev–Trinajstić information content (AvgIpc) is 3.27. The van der Waals surface area contributed by atoms with Crippen molar-refractivity contribution in [3.63, 3.8) is 0 Å². The van der Waals surface area contributed by atoms with Gasteiger partial charge < -0.3 is 10.3 Å². The van der Waals surface area contributed by atoms with E-state index in [-0.39, 0.29) is 12.4 Å². The van der Waals surface area contributed by atoms with E-state index >= 15 is 0 Å². The van der Waals surface area contributed by atoms with Crippen molar-refractivity contribution in [3.8, 4) is 17.1 Å². The van der Waals surface area contributed by atoms with Crippen LogP contribution in [0.2, 0.25) is 0 Å². The molecule has 0 spiro atoms. The molecule has 1 aliphatic carbocycles. The average molecular weight is 411 g/mol. The zero-order valence-corrected chi connectivity index (χ0v) is 15.3. The van der Waals surface area contributed by atoms with E-state index < -0.39 is 5.54 Å². The lowest BCUT2D eigenvalue weighted by atomic mass is 9.99. The number of hydrogen-bond acceptors (Lipinski definition) is 5. The highest BCUT2D eigenvalue weighted by molar-refractivity contribution is 9.10. The fraction of sp³-hybridized carbons (Fsp3) is 0.312. The molecule has 1 aliphatic rings. The first-order valence-corrected chi connectivity index (χ1v) is 8.37. The Morgan fingerprint density at radius 3 is 2.79 bits per heavy atom. The van der Waals surface area contributed by atoms with Gasteiger partial charge in [-0.05, 0) is 31.0 Å². The molecule has 126 valence electrons. The van der Waals surface area contributed by atoms with E-state index in [4.69, 9.17) is 10.3 Å². The molecule has 0 saturated heterocycles. The van der Waals surface area contributed by atoms with Crippen LogP contribution in [-0.4, -0.2) is 19.9 Å². The predicted octanol–water partition coefficient (Wildman–Crippen LogP) is 3.83. The summed E-state index contributed by atoms with van der Waals surface area (Å²) in [6.07, 6.45) is 7.63. The third-order valence-corrected chi connectivity index (χ3v) is 4.76. The number of rotatable bonds is 3. The summed E-state index contributed by atoms with van der Waals surface area (Å²) in [5.41, 5.74) is 7.67. The first kappa shape index (κ1) is 17.1. The van der Waals surface area contributed by atoms with Crippen molar-refractivity contribution in [3.05, 3.63) is 47.0 Å². The Kier molecular flexibility index (Phi) is 4.76. The molecule has 0 amide bonds. The number of hydrogen-bond donors (Lipinski definition) is 1. The van der Waals surface area contributed by atoms with Crippen LogP contribution in [0.3, 0.4) is 0 Å². The topological polar surface area (TPSA) is 82.8 Å². The van der Waals surface area contributed by atoms with Gasteiger partial charge in [0.1, 0.15) is 0 Å². The molecule has 1 saturated carbocycles. The summed E-state index contributed by atoms with van der Waals surface area (Å²) in [5, 5.41) is 8.45. The lowest BCUT2D eigenvalue weighted by Gasteiger charge is -2.17. The standard InChI is InChI=1S/C16H16BrN5O.ClH/c17-12-4-3-5-13(8-12)22-10-11(9-19-22)14-20-15(21-23-14)16(18)6-1-2-7-16;/h3-5,8-10H,1-2,6-7,18H2;1H. The molecule has 2 aromatic heterocycles. The van der Waals surface area contributed by atoms with Crippen molar-refractivity contribution in [2.24, 2.45) is 5.73 Å². The number of benzene rings is 1. The maximum Gasteiger partial charge on any atom is 0.261 e. The summed E-state index contributed by atoms with van der Waals surface area (Å²) in [6.45, 7) is 0. The van der Waals surface area contributed by atoms with E-state index in [2.05, 4.69) is 31.2 Å². The fourth-order valence-electron chi connectivity index (χ4n) is 2.97. The Morgan fingerprint density at radius 1 is 1.25 bits per heavy atom. The molecule has 0 aliphatic heterocycles. The van der Waals surface area contributed by atoms with Gasteiger partial charge in [-0.2, -0.15) is 10.1 Å². The Morgan fingerprint density at radius 2 is 2.04 bits per heavy atom. The molecule has 0 unspecified atom stereocenters. The van der Waals surface area contributed by atoms with Crippen molar-refractivity contribution >= 4 is 28.3 Å². The minimum atomic E-state index is -0.442. The first-order valence-electron chi connectivity index (χ1n) is 7.58. The Hall–Kier alpha value is -1.70. The Balaban J connectivity index is 0.00000169. The van der Waals surface area contributed by atoms with Crippen molar-refractivity contribution < 1.29 is 4.52 Å². The molecule has 0 bridgehead atoms. The quantitative estimate of drug-likeness (QED) is 0.709. The van der Waals surface area contributed by atoms with Crippen molar-refractivity contribution in [2.75, 3.05) is 0 Å². The molecule has 8 heteroatoms. The van der Waals surface area contributed by atoms with E-state index in [0.717, 1.165) is 41.4 Å². The lowest BCUT2D eigenvalue weighted by molar-refractivity contribution is 0.372. The van der Waals surface area contributed by atoms with Crippen LogP contribution in [0.1, 0.15) is 31.5 Å². The van der Waals surface area contributed by atoms with Crippen LogP contribution in [0.25, 0.3) is 17.1 Å². The second-order valence-corrected chi connectivity index (χ2v) is 6.86. The molecule has 0 radical (unpaired) electrons. The van der Waals surface area contributed by atoms with Gasteiger partial charge >= 0.3 is 0 Å². The minimum absolute atomic E-state index is 0. The third-order valence-electron chi connectivity index (χ3n) is 4.27. The van der Waals surface area contributed by atoms with Crippen LogP contribution in [0.5, 0.6) is 0 Å². The van der Waals surface area contributed by atoms with Crippen molar-refractivity contribution in [1.82, 2.24) is 19.9 Å². The molecule has 24 heavy (non-hydrogen) atoms. The van der Waals surface area contributed by atoms with E-state index in [1.54, 1.807) is 10.9 Å². The van der Waals surface area contributed by atoms with Crippen LogP contribution in [0.4, 0.5) is 0 Å². The largest absolute Gasteiger partial charge is 0.334 e. The van der Waals surface area contributed by atoms with Gasteiger partial charge in [-0.15, -0.1) is 12.4 Å². The fourth-order valence-corrected chi connectivity index (χ4v) is 3.35. The molecule has 0 atom stereocenters. The van der Waals surface area contributed by atoms with Gasteiger partial charge in [0.25, 0.3) is 5.89 Å². The highest BCUT2D eigenvalue weighted by Gasteiger charge is 2.36. The lowest BCUT2D eigenvalue weighted by Crippen LogP contribution is -2.34. The molecule has 4 rings (SSSR count). The monoisotopic (exact) mass is 409 g/mol. The summed E-state index contributed by atoms with van der Waals surface area (Å²) in [6, 6.07) is 7.90.